The number of hydrogen-bond donors (Lipinski definition) is 1. The zero-order valence-corrected chi connectivity index (χ0v) is 11.6. The molecule has 0 aliphatic rings. The summed E-state index contributed by atoms with van der Waals surface area (Å²) < 4.78 is 10.2. The van der Waals surface area contributed by atoms with E-state index >= 15 is 0 Å². The van der Waals surface area contributed by atoms with Crippen LogP contribution in [0.4, 0.5) is 5.69 Å². The number of hydrogen-bond acceptors (Lipinski definition) is 4. The average Bonchev–Trinajstić information content (AvgIpc) is 2.38. The number of para-hydroxylation sites is 1. The van der Waals surface area contributed by atoms with Gasteiger partial charge in [-0.3, -0.25) is 0 Å². The van der Waals surface area contributed by atoms with Crippen molar-refractivity contribution in [1.29, 1.82) is 0 Å². The van der Waals surface area contributed by atoms with Crippen molar-refractivity contribution in [2.24, 2.45) is 0 Å². The summed E-state index contributed by atoms with van der Waals surface area (Å²) in [4.78, 5) is 11.6. The summed E-state index contributed by atoms with van der Waals surface area (Å²) in [7, 11) is 3.05. The maximum atomic E-state index is 11.6. The Morgan fingerprint density at radius 3 is 2.44 bits per heavy atom. The number of rotatable bonds is 5. The third-order valence-electron chi connectivity index (χ3n) is 3.27. The maximum Gasteiger partial charge on any atom is 0.339 e. The summed E-state index contributed by atoms with van der Waals surface area (Å²) in [5.74, 6) is -0.347. The molecule has 0 bridgehead atoms. The molecule has 0 spiro atoms. The van der Waals surface area contributed by atoms with Gasteiger partial charge in [0.1, 0.15) is 0 Å². The van der Waals surface area contributed by atoms with Crippen LogP contribution in [0.15, 0.2) is 24.3 Å². The Bertz CT molecular complexity index is 415. The highest BCUT2D eigenvalue weighted by Crippen LogP contribution is 2.22. The molecule has 1 unspecified atom stereocenters. The van der Waals surface area contributed by atoms with Crippen LogP contribution in [0.2, 0.25) is 0 Å². The zero-order chi connectivity index (χ0) is 13.8. The van der Waals surface area contributed by atoms with E-state index in [1.54, 1.807) is 13.2 Å². The minimum atomic E-state index is -0.347. The Kier molecular flexibility index (Phi) is 4.73. The van der Waals surface area contributed by atoms with Gasteiger partial charge in [-0.15, -0.1) is 0 Å². The van der Waals surface area contributed by atoms with Crippen molar-refractivity contribution < 1.29 is 14.3 Å². The maximum absolute atomic E-state index is 11.6. The number of ether oxygens (including phenoxy) is 2. The van der Waals surface area contributed by atoms with Crippen LogP contribution in [0.3, 0.4) is 0 Å². The molecule has 0 radical (unpaired) electrons. The molecule has 4 nitrogen and oxygen atoms in total. The van der Waals surface area contributed by atoms with Gasteiger partial charge in [-0.25, -0.2) is 4.79 Å². The van der Waals surface area contributed by atoms with Gasteiger partial charge >= 0.3 is 5.97 Å². The molecule has 0 aliphatic heterocycles. The summed E-state index contributed by atoms with van der Waals surface area (Å²) in [6, 6.07) is 7.33. The predicted molar refractivity (Wildman–Crippen MR) is 72.0 cm³/mol. The molecule has 0 amide bonds. The van der Waals surface area contributed by atoms with Gasteiger partial charge in [0.15, 0.2) is 0 Å². The van der Waals surface area contributed by atoms with Crippen molar-refractivity contribution in [2.75, 3.05) is 19.5 Å². The fourth-order valence-electron chi connectivity index (χ4n) is 1.48. The van der Waals surface area contributed by atoms with Crippen LogP contribution in [0.5, 0.6) is 0 Å². The van der Waals surface area contributed by atoms with Crippen LogP contribution in [0.25, 0.3) is 0 Å². The molecule has 0 saturated heterocycles. The second-order valence-corrected chi connectivity index (χ2v) is 4.71. The molecule has 0 heterocycles. The third kappa shape index (κ3) is 3.23. The van der Waals surface area contributed by atoms with Gasteiger partial charge in [-0.05, 0) is 32.9 Å². The number of methoxy groups -OCH3 is 2. The number of carbonyl (C=O) groups is 1. The standard InChI is InChI=1S/C14H21NO3/c1-10(14(2,3)18-5)15-12-9-7-6-8-11(12)13(16)17-4/h6-10,15H,1-5H3. The number of nitrogens with one attached hydrogen (secondary N) is 1. The zero-order valence-electron chi connectivity index (χ0n) is 11.6. The van der Waals surface area contributed by atoms with Gasteiger partial charge < -0.3 is 14.8 Å². The minimum Gasteiger partial charge on any atom is -0.465 e. The van der Waals surface area contributed by atoms with E-state index in [1.165, 1.54) is 7.11 Å². The van der Waals surface area contributed by atoms with Crippen molar-refractivity contribution in [3.05, 3.63) is 29.8 Å². The molecule has 1 aromatic carbocycles. The van der Waals surface area contributed by atoms with E-state index in [2.05, 4.69) is 5.32 Å². The summed E-state index contributed by atoms with van der Waals surface area (Å²) in [5.41, 5.74) is 0.948. The molecule has 1 rings (SSSR count). The fourth-order valence-corrected chi connectivity index (χ4v) is 1.48. The average molecular weight is 251 g/mol. The highest BCUT2D eigenvalue weighted by Gasteiger charge is 2.26. The summed E-state index contributed by atoms with van der Waals surface area (Å²) in [6.45, 7) is 5.99. The molecule has 1 aromatic rings. The van der Waals surface area contributed by atoms with Gasteiger partial charge in [0.25, 0.3) is 0 Å². The minimum absolute atomic E-state index is 0.0494. The SMILES string of the molecule is COC(=O)c1ccccc1NC(C)C(C)(C)OC. The molecule has 0 saturated carbocycles. The topological polar surface area (TPSA) is 47.6 Å². The molecule has 100 valence electrons. The van der Waals surface area contributed by atoms with E-state index in [0.717, 1.165) is 5.69 Å². The van der Waals surface area contributed by atoms with Crippen LogP contribution < -0.4 is 5.32 Å². The largest absolute Gasteiger partial charge is 0.465 e. The lowest BCUT2D eigenvalue weighted by molar-refractivity contribution is 0.0107. The first kappa shape index (κ1) is 14.5. The lowest BCUT2D eigenvalue weighted by Crippen LogP contribution is -2.41. The quantitative estimate of drug-likeness (QED) is 0.817. The van der Waals surface area contributed by atoms with Gasteiger partial charge in [-0.1, -0.05) is 12.1 Å². The monoisotopic (exact) mass is 251 g/mol. The Labute approximate surface area is 108 Å². The van der Waals surface area contributed by atoms with E-state index in [4.69, 9.17) is 9.47 Å². The van der Waals surface area contributed by atoms with E-state index in [1.807, 2.05) is 39.0 Å². The molecule has 1 atom stereocenters. The Morgan fingerprint density at radius 2 is 1.89 bits per heavy atom. The van der Waals surface area contributed by atoms with Crippen LogP contribution in [0, 0.1) is 0 Å². The Hall–Kier alpha value is -1.55. The second kappa shape index (κ2) is 5.87. The number of anilines is 1. The summed E-state index contributed by atoms with van der Waals surface area (Å²) in [5, 5.41) is 3.29. The molecule has 0 fully saturated rings. The van der Waals surface area contributed by atoms with Gasteiger partial charge in [0, 0.05) is 12.8 Å². The lowest BCUT2D eigenvalue weighted by atomic mass is 9.99. The molecular weight excluding hydrogens is 230 g/mol. The molecule has 4 heteroatoms. The highest BCUT2D eigenvalue weighted by atomic mass is 16.5. The third-order valence-corrected chi connectivity index (χ3v) is 3.27. The van der Waals surface area contributed by atoms with Crippen LogP contribution >= 0.6 is 0 Å². The summed E-state index contributed by atoms with van der Waals surface area (Å²) in [6.07, 6.45) is 0. The first-order valence-corrected chi connectivity index (χ1v) is 5.91. The van der Waals surface area contributed by atoms with Gasteiger partial charge in [0.05, 0.1) is 24.3 Å². The normalized spacial score (nSPS) is 12.9. The molecule has 18 heavy (non-hydrogen) atoms. The smallest absolute Gasteiger partial charge is 0.339 e. The fraction of sp³-hybridized carbons (Fsp3) is 0.500. The van der Waals surface area contributed by atoms with Crippen LogP contribution in [0.1, 0.15) is 31.1 Å². The molecule has 0 aliphatic carbocycles. The van der Waals surface area contributed by atoms with Gasteiger partial charge in [0.2, 0.25) is 0 Å². The van der Waals surface area contributed by atoms with E-state index in [9.17, 15) is 4.79 Å². The predicted octanol–water partition coefficient (Wildman–Crippen LogP) is 2.70. The van der Waals surface area contributed by atoms with Crippen molar-refractivity contribution in [3.8, 4) is 0 Å². The van der Waals surface area contributed by atoms with Crippen LogP contribution in [-0.4, -0.2) is 31.8 Å². The molecular formula is C14H21NO3. The Balaban J connectivity index is 2.94. The highest BCUT2D eigenvalue weighted by molar-refractivity contribution is 5.95. The Morgan fingerprint density at radius 1 is 1.28 bits per heavy atom. The number of esters is 1. The first-order valence-electron chi connectivity index (χ1n) is 5.91. The number of benzene rings is 1. The van der Waals surface area contributed by atoms with Gasteiger partial charge in [-0.2, -0.15) is 0 Å². The van der Waals surface area contributed by atoms with E-state index in [0.29, 0.717) is 5.56 Å². The summed E-state index contributed by atoms with van der Waals surface area (Å²) >= 11 is 0. The first-order chi connectivity index (χ1) is 8.42. The van der Waals surface area contributed by atoms with Crippen molar-refractivity contribution in [1.82, 2.24) is 0 Å². The number of carbonyl (C=O) groups excluding carboxylic acids is 1. The second-order valence-electron chi connectivity index (χ2n) is 4.71. The van der Waals surface area contributed by atoms with Crippen molar-refractivity contribution >= 4 is 11.7 Å². The van der Waals surface area contributed by atoms with E-state index < -0.39 is 0 Å². The van der Waals surface area contributed by atoms with Crippen LogP contribution in [-0.2, 0) is 9.47 Å². The molecule has 1 N–H and O–H groups in total. The van der Waals surface area contributed by atoms with E-state index in [-0.39, 0.29) is 17.6 Å². The van der Waals surface area contributed by atoms with Crippen molar-refractivity contribution in [3.63, 3.8) is 0 Å². The molecule has 0 aromatic heterocycles. The van der Waals surface area contributed by atoms with Crippen molar-refractivity contribution in [2.45, 2.75) is 32.4 Å². The lowest BCUT2D eigenvalue weighted by Gasteiger charge is -2.32.